The van der Waals surface area contributed by atoms with Gasteiger partial charge in [0.05, 0.1) is 6.54 Å². The molecule has 2 heterocycles. The molecular weight excluding hydrogens is 252 g/mol. The third kappa shape index (κ3) is 4.17. The van der Waals surface area contributed by atoms with Gasteiger partial charge in [-0.15, -0.1) is 0 Å². The monoisotopic (exact) mass is 282 g/mol. The molecule has 0 aromatic heterocycles. The summed E-state index contributed by atoms with van der Waals surface area (Å²) < 4.78 is 0. The van der Waals surface area contributed by atoms with Crippen molar-refractivity contribution in [3.8, 4) is 0 Å². The molecule has 5 heteroatoms. The molecule has 0 aliphatic carbocycles. The number of carbonyl (C=O) groups excluding carboxylic acids is 1. The van der Waals surface area contributed by atoms with Gasteiger partial charge in [0.1, 0.15) is 0 Å². The van der Waals surface area contributed by atoms with Gasteiger partial charge in [0.15, 0.2) is 0 Å². The number of nitrogens with zero attached hydrogens (tertiary/aromatic N) is 3. The second kappa shape index (κ2) is 7.96. The van der Waals surface area contributed by atoms with E-state index in [1.165, 1.54) is 25.7 Å². The van der Waals surface area contributed by atoms with E-state index in [0.29, 0.717) is 18.5 Å². The molecule has 0 aromatic carbocycles. The SMILES string of the molecule is CCCC(CN)N1CCN(CC(=O)N2CCCC2)CC1. The average molecular weight is 282 g/mol. The summed E-state index contributed by atoms with van der Waals surface area (Å²) in [7, 11) is 0. The minimum absolute atomic E-state index is 0.319. The van der Waals surface area contributed by atoms with Crippen molar-refractivity contribution in [3.05, 3.63) is 0 Å². The van der Waals surface area contributed by atoms with Crippen LogP contribution in [0.1, 0.15) is 32.6 Å². The molecule has 0 bridgehead atoms. The largest absolute Gasteiger partial charge is 0.342 e. The standard InChI is InChI=1S/C15H30N4O/c1-2-5-14(12-16)18-10-8-17(9-11-18)13-15(20)19-6-3-4-7-19/h14H,2-13,16H2,1H3. The summed E-state index contributed by atoms with van der Waals surface area (Å²) in [5.41, 5.74) is 5.87. The summed E-state index contributed by atoms with van der Waals surface area (Å²) in [5, 5.41) is 0. The fraction of sp³-hybridized carbons (Fsp3) is 0.933. The summed E-state index contributed by atoms with van der Waals surface area (Å²) in [5.74, 6) is 0.319. The highest BCUT2D eigenvalue weighted by molar-refractivity contribution is 5.78. The Hall–Kier alpha value is -0.650. The van der Waals surface area contributed by atoms with Crippen molar-refractivity contribution in [2.75, 3.05) is 52.4 Å². The first-order valence-corrected chi connectivity index (χ1v) is 8.18. The zero-order valence-corrected chi connectivity index (χ0v) is 12.9. The van der Waals surface area contributed by atoms with Crippen molar-refractivity contribution in [3.63, 3.8) is 0 Å². The van der Waals surface area contributed by atoms with E-state index in [0.717, 1.165) is 45.8 Å². The lowest BCUT2D eigenvalue weighted by Gasteiger charge is -2.39. The van der Waals surface area contributed by atoms with Gasteiger partial charge in [-0.2, -0.15) is 0 Å². The average Bonchev–Trinajstić information content (AvgIpc) is 3.00. The highest BCUT2D eigenvalue weighted by Crippen LogP contribution is 2.12. The number of carbonyl (C=O) groups is 1. The van der Waals surface area contributed by atoms with E-state index in [1.807, 2.05) is 4.90 Å². The fourth-order valence-electron chi connectivity index (χ4n) is 3.33. The lowest BCUT2D eigenvalue weighted by atomic mass is 10.1. The normalized spacial score (nSPS) is 23.2. The Morgan fingerprint density at radius 2 is 1.75 bits per heavy atom. The Labute approximate surface area is 123 Å². The van der Waals surface area contributed by atoms with E-state index >= 15 is 0 Å². The molecule has 116 valence electrons. The first-order valence-electron chi connectivity index (χ1n) is 8.18. The maximum absolute atomic E-state index is 12.1. The second-order valence-corrected chi connectivity index (χ2v) is 6.08. The van der Waals surface area contributed by atoms with Crippen molar-refractivity contribution in [2.24, 2.45) is 5.73 Å². The van der Waals surface area contributed by atoms with Gasteiger partial charge >= 0.3 is 0 Å². The first-order chi connectivity index (χ1) is 9.74. The minimum Gasteiger partial charge on any atom is -0.342 e. The molecule has 0 saturated carbocycles. The van der Waals surface area contributed by atoms with Crippen LogP contribution in [0, 0.1) is 0 Å². The van der Waals surface area contributed by atoms with Crippen LogP contribution in [-0.4, -0.2) is 79.0 Å². The van der Waals surface area contributed by atoms with Gasteiger partial charge in [0.2, 0.25) is 5.91 Å². The van der Waals surface area contributed by atoms with Crippen molar-refractivity contribution in [2.45, 2.75) is 38.6 Å². The van der Waals surface area contributed by atoms with Crippen LogP contribution >= 0.6 is 0 Å². The smallest absolute Gasteiger partial charge is 0.236 e. The van der Waals surface area contributed by atoms with E-state index in [4.69, 9.17) is 5.73 Å². The summed E-state index contributed by atoms with van der Waals surface area (Å²) in [6, 6.07) is 0.524. The number of hydrogen-bond donors (Lipinski definition) is 1. The molecule has 20 heavy (non-hydrogen) atoms. The number of piperazine rings is 1. The second-order valence-electron chi connectivity index (χ2n) is 6.08. The topological polar surface area (TPSA) is 52.8 Å². The zero-order chi connectivity index (χ0) is 14.4. The van der Waals surface area contributed by atoms with Crippen LogP contribution in [0.5, 0.6) is 0 Å². The lowest BCUT2D eigenvalue weighted by Crippen LogP contribution is -2.54. The van der Waals surface area contributed by atoms with Crippen LogP contribution in [0.3, 0.4) is 0 Å². The predicted molar refractivity (Wildman–Crippen MR) is 81.6 cm³/mol. The molecule has 2 saturated heterocycles. The Balaban J connectivity index is 1.72. The Bertz CT molecular complexity index is 296. The fourth-order valence-corrected chi connectivity index (χ4v) is 3.33. The molecule has 2 N–H and O–H groups in total. The highest BCUT2D eigenvalue weighted by Gasteiger charge is 2.25. The molecule has 1 atom stereocenters. The molecule has 2 rings (SSSR count). The van der Waals surface area contributed by atoms with Crippen molar-refractivity contribution in [1.82, 2.24) is 14.7 Å². The molecule has 1 amide bonds. The summed E-state index contributed by atoms with van der Waals surface area (Å²) in [6.45, 7) is 9.60. The number of likely N-dealkylation sites (tertiary alicyclic amines) is 1. The number of amides is 1. The number of hydrogen-bond acceptors (Lipinski definition) is 4. The molecule has 0 aromatic rings. The van der Waals surface area contributed by atoms with Gasteiger partial charge in [0, 0.05) is 51.9 Å². The van der Waals surface area contributed by atoms with E-state index in [9.17, 15) is 4.79 Å². The van der Waals surface area contributed by atoms with E-state index in [-0.39, 0.29) is 0 Å². The third-order valence-electron chi connectivity index (χ3n) is 4.63. The first kappa shape index (κ1) is 15.7. The lowest BCUT2D eigenvalue weighted by molar-refractivity contribution is -0.131. The van der Waals surface area contributed by atoms with Crippen LogP contribution in [0.25, 0.3) is 0 Å². The van der Waals surface area contributed by atoms with Crippen LogP contribution in [0.15, 0.2) is 0 Å². The predicted octanol–water partition coefficient (Wildman–Crippen LogP) is 0.354. The van der Waals surface area contributed by atoms with E-state index in [2.05, 4.69) is 16.7 Å². The maximum Gasteiger partial charge on any atom is 0.236 e. The van der Waals surface area contributed by atoms with Gasteiger partial charge in [-0.05, 0) is 19.3 Å². The molecule has 1 unspecified atom stereocenters. The van der Waals surface area contributed by atoms with Crippen LogP contribution in [0.2, 0.25) is 0 Å². The van der Waals surface area contributed by atoms with Crippen LogP contribution in [-0.2, 0) is 4.79 Å². The van der Waals surface area contributed by atoms with Gasteiger partial charge in [-0.25, -0.2) is 0 Å². The zero-order valence-electron chi connectivity index (χ0n) is 12.9. The Kier molecular flexibility index (Phi) is 6.26. The maximum atomic E-state index is 12.1. The number of rotatable bonds is 6. The highest BCUT2D eigenvalue weighted by atomic mass is 16.2. The van der Waals surface area contributed by atoms with Crippen molar-refractivity contribution in [1.29, 1.82) is 0 Å². The Morgan fingerprint density at radius 3 is 2.30 bits per heavy atom. The molecule has 0 radical (unpaired) electrons. The summed E-state index contributed by atoms with van der Waals surface area (Å²) >= 11 is 0. The Morgan fingerprint density at radius 1 is 1.10 bits per heavy atom. The summed E-state index contributed by atoms with van der Waals surface area (Å²) in [6.07, 6.45) is 4.72. The van der Waals surface area contributed by atoms with Crippen LogP contribution < -0.4 is 5.73 Å². The minimum atomic E-state index is 0.319. The molecule has 5 nitrogen and oxygen atoms in total. The molecule has 2 fully saturated rings. The van der Waals surface area contributed by atoms with Gasteiger partial charge < -0.3 is 10.6 Å². The van der Waals surface area contributed by atoms with Crippen LogP contribution in [0.4, 0.5) is 0 Å². The van der Waals surface area contributed by atoms with E-state index < -0.39 is 0 Å². The molecule has 0 spiro atoms. The number of nitrogens with two attached hydrogens (primary N) is 1. The molecule has 2 aliphatic rings. The van der Waals surface area contributed by atoms with Crippen molar-refractivity contribution >= 4 is 5.91 Å². The van der Waals surface area contributed by atoms with Crippen molar-refractivity contribution < 1.29 is 4.79 Å². The quantitative estimate of drug-likeness (QED) is 0.764. The van der Waals surface area contributed by atoms with E-state index in [1.54, 1.807) is 0 Å². The van der Waals surface area contributed by atoms with Gasteiger partial charge in [0.25, 0.3) is 0 Å². The van der Waals surface area contributed by atoms with Gasteiger partial charge in [-0.1, -0.05) is 13.3 Å². The van der Waals surface area contributed by atoms with Gasteiger partial charge in [-0.3, -0.25) is 14.6 Å². The molecule has 2 aliphatic heterocycles. The summed E-state index contributed by atoms with van der Waals surface area (Å²) in [4.78, 5) is 19.0. The molecular formula is C15H30N4O. The third-order valence-corrected chi connectivity index (χ3v) is 4.63.